The van der Waals surface area contributed by atoms with Gasteiger partial charge in [-0.15, -0.1) is 0 Å². The first-order valence-electron chi connectivity index (χ1n) is 6.61. The fourth-order valence-corrected chi connectivity index (χ4v) is 2.73. The fraction of sp³-hybridized carbons (Fsp3) is 0.571. The Balaban J connectivity index is 1.90. The first-order chi connectivity index (χ1) is 8.98. The lowest BCUT2D eigenvalue weighted by atomic mass is 9.79. The summed E-state index contributed by atoms with van der Waals surface area (Å²) in [4.78, 5) is 16.0. The normalized spacial score (nSPS) is 27.0. The molecule has 0 atom stereocenters. The van der Waals surface area contributed by atoms with Crippen molar-refractivity contribution in [2.45, 2.75) is 38.2 Å². The molecule has 0 aromatic carbocycles. The summed E-state index contributed by atoms with van der Waals surface area (Å²) >= 11 is 3.23. The fourth-order valence-electron chi connectivity index (χ4n) is 2.37. The minimum absolute atomic E-state index is 0.171. The molecule has 1 amide bonds. The first-order valence-corrected chi connectivity index (χ1v) is 7.40. The van der Waals surface area contributed by atoms with E-state index < -0.39 is 5.60 Å². The van der Waals surface area contributed by atoms with E-state index in [9.17, 15) is 9.90 Å². The van der Waals surface area contributed by atoms with E-state index in [0.717, 1.165) is 25.7 Å². The number of nitrogens with one attached hydrogen (secondary N) is 1. The van der Waals surface area contributed by atoms with E-state index in [0.29, 0.717) is 22.6 Å². The Bertz CT molecular complexity index is 457. The van der Waals surface area contributed by atoms with Crippen molar-refractivity contribution in [2.75, 3.05) is 6.54 Å². The molecule has 0 saturated heterocycles. The van der Waals surface area contributed by atoms with Gasteiger partial charge >= 0.3 is 0 Å². The highest BCUT2D eigenvalue weighted by Crippen LogP contribution is 2.31. The summed E-state index contributed by atoms with van der Waals surface area (Å²) in [6, 6.07) is 3.33. The van der Waals surface area contributed by atoms with Crippen LogP contribution in [0.4, 0.5) is 0 Å². The summed E-state index contributed by atoms with van der Waals surface area (Å²) < 4.78 is 0.630. The average molecular weight is 327 g/mol. The van der Waals surface area contributed by atoms with Gasteiger partial charge in [-0.2, -0.15) is 0 Å². The van der Waals surface area contributed by atoms with Gasteiger partial charge in [-0.3, -0.25) is 4.79 Å². The van der Waals surface area contributed by atoms with Crippen LogP contribution in [-0.4, -0.2) is 28.1 Å². The molecule has 5 heteroatoms. The second-order valence-electron chi connectivity index (χ2n) is 5.46. The Morgan fingerprint density at radius 1 is 1.58 bits per heavy atom. The molecule has 1 fully saturated rings. The standard InChI is InChI=1S/C14H19BrN2O2/c1-10-2-5-14(19,6-3-10)9-17-13(18)11-4-7-16-12(15)8-11/h4,7-8,10,19H,2-3,5-6,9H2,1H3,(H,17,18). The lowest BCUT2D eigenvalue weighted by molar-refractivity contribution is -0.00540. The van der Waals surface area contributed by atoms with Crippen LogP contribution in [-0.2, 0) is 0 Å². The molecule has 2 rings (SSSR count). The second kappa shape index (κ2) is 6.01. The van der Waals surface area contributed by atoms with Crippen LogP contribution in [0.3, 0.4) is 0 Å². The van der Waals surface area contributed by atoms with E-state index in [1.807, 2.05) is 0 Å². The lowest BCUT2D eigenvalue weighted by Crippen LogP contribution is -2.45. The van der Waals surface area contributed by atoms with E-state index in [1.54, 1.807) is 18.3 Å². The molecule has 1 aliphatic rings. The SMILES string of the molecule is CC1CCC(O)(CNC(=O)c2ccnc(Br)c2)CC1. The highest BCUT2D eigenvalue weighted by Gasteiger charge is 2.32. The zero-order valence-electron chi connectivity index (χ0n) is 11.0. The van der Waals surface area contributed by atoms with Crippen molar-refractivity contribution in [1.29, 1.82) is 0 Å². The minimum atomic E-state index is -0.744. The average Bonchev–Trinajstić information content (AvgIpc) is 2.40. The molecule has 1 aliphatic carbocycles. The molecular weight excluding hydrogens is 308 g/mol. The van der Waals surface area contributed by atoms with Gasteiger partial charge in [0.25, 0.3) is 5.91 Å². The van der Waals surface area contributed by atoms with Gasteiger partial charge in [0, 0.05) is 18.3 Å². The van der Waals surface area contributed by atoms with Crippen molar-refractivity contribution in [3.63, 3.8) is 0 Å². The predicted octanol–water partition coefficient (Wildman–Crippen LogP) is 2.52. The van der Waals surface area contributed by atoms with Gasteiger partial charge in [0.15, 0.2) is 0 Å². The van der Waals surface area contributed by atoms with E-state index in [4.69, 9.17) is 0 Å². The Labute approximate surface area is 121 Å². The molecule has 0 radical (unpaired) electrons. The van der Waals surface area contributed by atoms with Crippen molar-refractivity contribution < 1.29 is 9.90 Å². The van der Waals surface area contributed by atoms with Crippen LogP contribution in [0.1, 0.15) is 43.0 Å². The number of hydrogen-bond donors (Lipinski definition) is 2. The molecule has 2 N–H and O–H groups in total. The topological polar surface area (TPSA) is 62.2 Å². The van der Waals surface area contributed by atoms with Crippen LogP contribution in [0.15, 0.2) is 22.9 Å². The van der Waals surface area contributed by atoms with Crippen LogP contribution in [0, 0.1) is 5.92 Å². The molecule has 0 aliphatic heterocycles. The molecule has 0 spiro atoms. The van der Waals surface area contributed by atoms with Crippen molar-refractivity contribution in [2.24, 2.45) is 5.92 Å². The molecule has 1 heterocycles. The number of carbonyl (C=O) groups excluding carboxylic acids is 1. The zero-order chi connectivity index (χ0) is 13.9. The minimum Gasteiger partial charge on any atom is -0.388 e. The summed E-state index contributed by atoms with van der Waals surface area (Å²) in [6.07, 6.45) is 5.14. The summed E-state index contributed by atoms with van der Waals surface area (Å²) in [5.41, 5.74) is -0.193. The Morgan fingerprint density at radius 3 is 2.89 bits per heavy atom. The molecule has 1 aromatic heterocycles. The van der Waals surface area contributed by atoms with Crippen molar-refractivity contribution >= 4 is 21.8 Å². The molecule has 1 aromatic rings. The molecule has 104 valence electrons. The summed E-state index contributed by atoms with van der Waals surface area (Å²) in [6.45, 7) is 2.52. The Hall–Kier alpha value is -0.940. The van der Waals surface area contributed by atoms with E-state index in [-0.39, 0.29) is 5.91 Å². The lowest BCUT2D eigenvalue weighted by Gasteiger charge is -2.34. The van der Waals surface area contributed by atoms with E-state index in [1.165, 1.54) is 0 Å². The predicted molar refractivity (Wildman–Crippen MR) is 76.9 cm³/mol. The van der Waals surface area contributed by atoms with Crippen molar-refractivity contribution in [1.82, 2.24) is 10.3 Å². The van der Waals surface area contributed by atoms with Gasteiger partial charge in [-0.05, 0) is 59.7 Å². The highest BCUT2D eigenvalue weighted by molar-refractivity contribution is 9.10. The molecule has 4 nitrogen and oxygen atoms in total. The first kappa shape index (κ1) is 14.5. The molecule has 1 saturated carbocycles. The molecule has 19 heavy (non-hydrogen) atoms. The van der Waals surface area contributed by atoms with Gasteiger partial charge in [0.2, 0.25) is 0 Å². The third-order valence-electron chi connectivity index (χ3n) is 3.77. The number of carbonyl (C=O) groups is 1. The van der Waals surface area contributed by atoms with Gasteiger partial charge in [0.05, 0.1) is 5.60 Å². The third-order valence-corrected chi connectivity index (χ3v) is 4.21. The summed E-state index contributed by atoms with van der Waals surface area (Å²) in [5.74, 6) is 0.502. The van der Waals surface area contributed by atoms with Gasteiger partial charge in [-0.25, -0.2) is 4.98 Å². The van der Waals surface area contributed by atoms with Crippen molar-refractivity contribution in [3.8, 4) is 0 Å². The van der Waals surface area contributed by atoms with Gasteiger partial charge < -0.3 is 10.4 Å². The number of halogens is 1. The second-order valence-corrected chi connectivity index (χ2v) is 6.27. The third kappa shape index (κ3) is 4.01. The maximum absolute atomic E-state index is 12.0. The molecule has 0 bridgehead atoms. The quantitative estimate of drug-likeness (QED) is 0.839. The number of rotatable bonds is 3. The maximum Gasteiger partial charge on any atom is 0.251 e. The number of amides is 1. The van der Waals surface area contributed by atoms with Crippen LogP contribution in [0.2, 0.25) is 0 Å². The number of nitrogens with zero attached hydrogens (tertiary/aromatic N) is 1. The summed E-state index contributed by atoms with van der Waals surface area (Å²) in [7, 11) is 0. The van der Waals surface area contributed by atoms with Crippen LogP contribution in [0.5, 0.6) is 0 Å². The highest BCUT2D eigenvalue weighted by atomic mass is 79.9. The van der Waals surface area contributed by atoms with Crippen LogP contribution < -0.4 is 5.32 Å². The van der Waals surface area contributed by atoms with Crippen LogP contribution >= 0.6 is 15.9 Å². The maximum atomic E-state index is 12.0. The van der Waals surface area contributed by atoms with Gasteiger partial charge in [-0.1, -0.05) is 6.92 Å². The van der Waals surface area contributed by atoms with Gasteiger partial charge in [0.1, 0.15) is 4.60 Å². The largest absolute Gasteiger partial charge is 0.388 e. The Morgan fingerprint density at radius 2 is 2.26 bits per heavy atom. The number of aromatic nitrogens is 1. The monoisotopic (exact) mass is 326 g/mol. The molecular formula is C14H19BrN2O2. The van der Waals surface area contributed by atoms with Crippen molar-refractivity contribution in [3.05, 3.63) is 28.5 Å². The Kier molecular flexibility index (Phi) is 4.58. The van der Waals surface area contributed by atoms with E-state index in [2.05, 4.69) is 33.2 Å². The smallest absolute Gasteiger partial charge is 0.251 e. The zero-order valence-corrected chi connectivity index (χ0v) is 12.6. The van der Waals surface area contributed by atoms with Crippen LogP contribution in [0.25, 0.3) is 0 Å². The number of pyridine rings is 1. The van der Waals surface area contributed by atoms with E-state index >= 15 is 0 Å². The summed E-state index contributed by atoms with van der Waals surface area (Å²) in [5, 5.41) is 13.2. The molecule has 0 unspecified atom stereocenters. The number of hydrogen-bond acceptors (Lipinski definition) is 3. The number of aliphatic hydroxyl groups is 1.